The van der Waals surface area contributed by atoms with E-state index in [1.807, 2.05) is 0 Å². The van der Waals surface area contributed by atoms with Crippen molar-refractivity contribution in [3.63, 3.8) is 0 Å². The Morgan fingerprint density at radius 1 is 1.03 bits per heavy atom. The third-order valence-electron chi connectivity index (χ3n) is 5.41. The van der Waals surface area contributed by atoms with Crippen LogP contribution in [0.5, 0.6) is 11.5 Å². The zero-order valence-corrected chi connectivity index (χ0v) is 20.5. The summed E-state index contributed by atoms with van der Waals surface area (Å²) in [6, 6.07) is 10.5. The number of aryl methyl sites for hydroxylation is 3. The Bertz CT molecular complexity index is 966. The summed E-state index contributed by atoms with van der Waals surface area (Å²) in [5.41, 5.74) is 3.80. The Labute approximate surface area is 196 Å². The fourth-order valence-corrected chi connectivity index (χ4v) is 3.14. The molecule has 0 heterocycles. The zero-order chi connectivity index (χ0) is 24.6. The van der Waals surface area contributed by atoms with Crippen molar-refractivity contribution in [2.45, 2.75) is 60.0 Å². The molecule has 2 aromatic carbocycles. The van der Waals surface area contributed by atoms with Crippen LogP contribution in [0.3, 0.4) is 0 Å². The average Bonchev–Trinajstić information content (AvgIpc) is 2.76. The van der Waals surface area contributed by atoms with Crippen molar-refractivity contribution in [3.05, 3.63) is 58.7 Å². The van der Waals surface area contributed by atoms with Gasteiger partial charge in [0.15, 0.2) is 11.5 Å². The summed E-state index contributed by atoms with van der Waals surface area (Å²) in [4.78, 5) is 24.8. The molecule has 0 saturated carbocycles. The van der Waals surface area contributed by atoms with Gasteiger partial charge in [0.2, 0.25) is 0 Å². The van der Waals surface area contributed by atoms with Crippen LogP contribution in [0.15, 0.2) is 36.4 Å². The summed E-state index contributed by atoms with van der Waals surface area (Å²) in [5, 5.41) is 15.4. The lowest BCUT2D eigenvalue weighted by molar-refractivity contribution is -0.153. The second-order valence-electron chi connectivity index (χ2n) is 9.34. The highest BCUT2D eigenvalue weighted by atomic mass is 16.5. The second-order valence-corrected chi connectivity index (χ2v) is 9.34. The highest BCUT2D eigenvalue weighted by Gasteiger charge is 2.24. The molecular weight excluding hydrogens is 420 g/mol. The van der Waals surface area contributed by atoms with Crippen LogP contribution in [0.2, 0.25) is 0 Å². The lowest BCUT2D eigenvalue weighted by Gasteiger charge is -2.22. The van der Waals surface area contributed by atoms with Crippen molar-refractivity contribution < 1.29 is 24.2 Å². The Morgan fingerprint density at radius 3 is 2.36 bits per heavy atom. The van der Waals surface area contributed by atoms with Gasteiger partial charge in [0.1, 0.15) is 6.61 Å². The molecular formula is C26H36N2O5. The number of esters is 1. The quantitative estimate of drug-likeness (QED) is 0.486. The van der Waals surface area contributed by atoms with Gasteiger partial charge in [0, 0.05) is 6.54 Å². The van der Waals surface area contributed by atoms with Gasteiger partial charge in [-0.1, -0.05) is 24.3 Å². The van der Waals surface area contributed by atoms with E-state index in [1.54, 1.807) is 32.9 Å². The van der Waals surface area contributed by atoms with Gasteiger partial charge < -0.3 is 25.2 Å². The van der Waals surface area contributed by atoms with E-state index in [0.717, 1.165) is 12.0 Å². The molecule has 7 nitrogen and oxygen atoms in total. The average molecular weight is 457 g/mol. The van der Waals surface area contributed by atoms with Gasteiger partial charge in [-0.05, 0) is 81.8 Å². The Morgan fingerprint density at radius 2 is 1.73 bits per heavy atom. The van der Waals surface area contributed by atoms with Crippen LogP contribution in [0.4, 0.5) is 4.79 Å². The minimum atomic E-state index is -0.612. The number of phenols is 1. The van der Waals surface area contributed by atoms with Crippen molar-refractivity contribution in [1.82, 2.24) is 10.6 Å². The highest BCUT2D eigenvalue weighted by Crippen LogP contribution is 2.26. The van der Waals surface area contributed by atoms with Crippen molar-refractivity contribution in [2.24, 2.45) is 5.41 Å². The monoisotopic (exact) mass is 456 g/mol. The normalized spacial score (nSPS) is 12.1. The van der Waals surface area contributed by atoms with E-state index in [4.69, 9.17) is 9.47 Å². The highest BCUT2D eigenvalue weighted by molar-refractivity contribution is 5.76. The van der Waals surface area contributed by atoms with E-state index in [9.17, 15) is 14.7 Å². The third kappa shape index (κ3) is 8.33. The largest absolute Gasteiger partial charge is 0.504 e. The Kier molecular flexibility index (Phi) is 9.14. The summed E-state index contributed by atoms with van der Waals surface area (Å²) in [6.45, 7) is 9.90. The van der Waals surface area contributed by atoms with Crippen LogP contribution in [0.1, 0.15) is 49.4 Å². The first-order valence-corrected chi connectivity index (χ1v) is 11.1. The molecule has 1 atom stereocenters. The summed E-state index contributed by atoms with van der Waals surface area (Å²) < 4.78 is 10.6. The third-order valence-corrected chi connectivity index (χ3v) is 5.41. The molecule has 2 aromatic rings. The summed E-state index contributed by atoms with van der Waals surface area (Å²) in [5.74, 6) is 0.0740. The maximum Gasteiger partial charge on any atom is 0.315 e. The summed E-state index contributed by atoms with van der Waals surface area (Å²) in [6.07, 6.45) is 1.37. The van der Waals surface area contributed by atoms with Crippen LogP contribution < -0.4 is 15.4 Å². The topological polar surface area (TPSA) is 96.9 Å². The fraction of sp³-hybridized carbons (Fsp3) is 0.462. The number of rotatable bonds is 9. The maximum atomic E-state index is 12.6. The molecule has 0 aliphatic carbocycles. The predicted molar refractivity (Wildman–Crippen MR) is 128 cm³/mol. The first-order chi connectivity index (χ1) is 15.5. The number of hydrogen-bond acceptors (Lipinski definition) is 5. The molecule has 0 aliphatic heterocycles. The molecule has 0 bridgehead atoms. The van der Waals surface area contributed by atoms with E-state index >= 15 is 0 Å². The van der Waals surface area contributed by atoms with Gasteiger partial charge in [-0.3, -0.25) is 4.79 Å². The van der Waals surface area contributed by atoms with E-state index < -0.39 is 5.41 Å². The standard InChI is InChI=1S/C26H36N2O5/c1-17-7-8-19(13-18(17)2)9-11-21(16-33-24(30)26(3,4)5)28-25(31)27-15-20-10-12-22(29)23(14-20)32-6/h7-8,10,12-14,21,29H,9,11,15-16H2,1-6H3,(H2,27,28,31). The molecule has 0 spiro atoms. The lowest BCUT2D eigenvalue weighted by Crippen LogP contribution is -2.45. The van der Waals surface area contributed by atoms with Crippen molar-refractivity contribution in [2.75, 3.05) is 13.7 Å². The molecule has 0 radical (unpaired) electrons. The Balaban J connectivity index is 1.99. The van der Waals surface area contributed by atoms with Gasteiger partial charge in [-0.25, -0.2) is 4.79 Å². The SMILES string of the molecule is COc1cc(CNC(=O)NC(CCc2ccc(C)c(C)c2)COC(=O)C(C)(C)C)ccc1O. The van der Waals surface area contributed by atoms with Crippen LogP contribution >= 0.6 is 0 Å². The van der Waals surface area contributed by atoms with Crippen LogP contribution in [-0.2, 0) is 22.5 Å². The van der Waals surface area contributed by atoms with Crippen molar-refractivity contribution in [3.8, 4) is 11.5 Å². The van der Waals surface area contributed by atoms with Crippen molar-refractivity contribution >= 4 is 12.0 Å². The molecule has 0 saturated heterocycles. The number of phenolic OH excluding ortho intramolecular Hbond substituents is 1. The minimum absolute atomic E-state index is 0.0396. The number of nitrogens with one attached hydrogen (secondary N) is 2. The Hall–Kier alpha value is -3.22. The summed E-state index contributed by atoms with van der Waals surface area (Å²) >= 11 is 0. The molecule has 33 heavy (non-hydrogen) atoms. The first kappa shape index (κ1) is 26.0. The molecule has 2 rings (SSSR count). The number of hydrogen-bond donors (Lipinski definition) is 3. The fourth-order valence-electron chi connectivity index (χ4n) is 3.14. The van der Waals surface area contributed by atoms with Crippen LogP contribution in [0, 0.1) is 19.3 Å². The molecule has 7 heteroatoms. The predicted octanol–water partition coefficient (Wildman–Crippen LogP) is 4.41. The lowest BCUT2D eigenvalue weighted by atomic mass is 9.97. The molecule has 3 N–H and O–H groups in total. The number of aromatic hydroxyl groups is 1. The van der Waals surface area contributed by atoms with Crippen LogP contribution in [-0.4, -0.2) is 36.9 Å². The van der Waals surface area contributed by atoms with E-state index in [0.29, 0.717) is 12.2 Å². The van der Waals surface area contributed by atoms with Crippen LogP contribution in [0.25, 0.3) is 0 Å². The summed E-state index contributed by atoms with van der Waals surface area (Å²) in [7, 11) is 1.47. The second kappa shape index (κ2) is 11.6. The molecule has 180 valence electrons. The van der Waals surface area contributed by atoms with E-state index in [2.05, 4.69) is 42.7 Å². The van der Waals surface area contributed by atoms with Gasteiger partial charge in [0.05, 0.1) is 18.6 Å². The number of ether oxygens (including phenoxy) is 2. The molecule has 0 fully saturated rings. The van der Waals surface area contributed by atoms with E-state index in [-0.39, 0.29) is 36.9 Å². The van der Waals surface area contributed by atoms with Gasteiger partial charge in [0.25, 0.3) is 0 Å². The minimum Gasteiger partial charge on any atom is -0.504 e. The number of carbonyl (C=O) groups is 2. The molecule has 2 amide bonds. The number of benzene rings is 2. The maximum absolute atomic E-state index is 12.6. The number of methoxy groups -OCH3 is 1. The van der Waals surface area contributed by atoms with Gasteiger partial charge >= 0.3 is 12.0 Å². The molecule has 1 unspecified atom stereocenters. The molecule has 0 aromatic heterocycles. The van der Waals surface area contributed by atoms with E-state index in [1.165, 1.54) is 29.9 Å². The van der Waals surface area contributed by atoms with Gasteiger partial charge in [-0.2, -0.15) is 0 Å². The number of urea groups is 1. The van der Waals surface area contributed by atoms with Gasteiger partial charge in [-0.15, -0.1) is 0 Å². The first-order valence-electron chi connectivity index (χ1n) is 11.1. The number of amides is 2. The number of carbonyl (C=O) groups excluding carboxylic acids is 2. The molecule has 0 aliphatic rings. The smallest absolute Gasteiger partial charge is 0.315 e. The zero-order valence-electron chi connectivity index (χ0n) is 20.5. The van der Waals surface area contributed by atoms with Crippen molar-refractivity contribution in [1.29, 1.82) is 0 Å².